The Kier molecular flexibility index (Phi) is 6.05. The van der Waals surface area contributed by atoms with E-state index in [1.807, 2.05) is 23.1 Å². The fraction of sp³-hybridized carbons (Fsp3) is 0.214. The fourth-order valence-electron chi connectivity index (χ4n) is 4.54. The van der Waals surface area contributed by atoms with Crippen molar-refractivity contribution in [2.45, 2.75) is 13.0 Å². The highest BCUT2D eigenvalue weighted by Gasteiger charge is 2.29. The molecule has 1 aliphatic heterocycles. The monoisotopic (exact) mass is 436 g/mol. The molecule has 0 spiro atoms. The minimum Gasteiger partial charge on any atom is -0.335 e. The first-order valence-corrected chi connectivity index (χ1v) is 11.4. The van der Waals surface area contributed by atoms with Crippen LogP contribution >= 0.6 is 0 Å². The Labute approximate surface area is 194 Å². The number of H-pyrrole nitrogens is 1. The summed E-state index contributed by atoms with van der Waals surface area (Å²) in [6.07, 6.45) is 0. The molecular formula is C28H28N4O. The van der Waals surface area contributed by atoms with Crippen molar-refractivity contribution in [1.29, 1.82) is 0 Å². The Bertz CT molecular complexity index is 1150. The van der Waals surface area contributed by atoms with Gasteiger partial charge in [0.15, 0.2) is 0 Å². The van der Waals surface area contributed by atoms with Crippen LogP contribution in [0.4, 0.5) is 0 Å². The van der Waals surface area contributed by atoms with Gasteiger partial charge in [-0.3, -0.25) is 14.8 Å². The van der Waals surface area contributed by atoms with E-state index in [0.717, 1.165) is 24.3 Å². The lowest BCUT2D eigenvalue weighted by Crippen LogP contribution is -2.50. The molecule has 1 saturated heterocycles. The van der Waals surface area contributed by atoms with E-state index in [-0.39, 0.29) is 11.9 Å². The van der Waals surface area contributed by atoms with Gasteiger partial charge in [0.1, 0.15) is 5.69 Å². The average Bonchev–Trinajstić information content (AvgIpc) is 3.36. The standard InChI is InChI=1S/C28H28N4O/c1-21-12-14-22(15-13-21)25-20-26(30-29-25)28(33)32-18-16-31(17-19-32)27(23-8-4-2-5-9-23)24-10-6-3-7-11-24/h2-15,20,27H,16-19H2,1H3,(H,29,30). The van der Waals surface area contributed by atoms with Crippen LogP contribution in [0, 0.1) is 6.92 Å². The summed E-state index contributed by atoms with van der Waals surface area (Å²) in [5.74, 6) is 0.0106. The number of aromatic amines is 1. The number of rotatable bonds is 5. The molecule has 2 heterocycles. The van der Waals surface area contributed by atoms with Crippen LogP contribution in [0.1, 0.15) is 33.2 Å². The molecule has 166 valence electrons. The van der Waals surface area contributed by atoms with Crippen LogP contribution in [-0.2, 0) is 0 Å². The third-order valence-corrected chi connectivity index (χ3v) is 6.35. The number of aryl methyl sites for hydroxylation is 1. The number of piperazine rings is 1. The summed E-state index contributed by atoms with van der Waals surface area (Å²) in [6, 6.07) is 31.4. The molecule has 1 fully saturated rings. The molecule has 0 unspecified atom stereocenters. The maximum absolute atomic E-state index is 13.2. The summed E-state index contributed by atoms with van der Waals surface area (Å²) in [5.41, 5.74) is 6.11. The van der Waals surface area contributed by atoms with Gasteiger partial charge in [0.2, 0.25) is 0 Å². The molecule has 3 aromatic carbocycles. The SMILES string of the molecule is Cc1ccc(-c2cc(C(=O)N3CCN(C(c4ccccc4)c4ccccc4)CC3)[nH]n2)cc1. The predicted molar refractivity (Wildman–Crippen MR) is 131 cm³/mol. The Balaban J connectivity index is 1.29. The highest BCUT2D eigenvalue weighted by molar-refractivity contribution is 5.93. The van der Waals surface area contributed by atoms with E-state index in [9.17, 15) is 4.79 Å². The zero-order valence-corrected chi connectivity index (χ0v) is 18.8. The number of nitrogens with zero attached hydrogens (tertiary/aromatic N) is 3. The molecule has 1 N–H and O–H groups in total. The molecule has 5 nitrogen and oxygen atoms in total. The van der Waals surface area contributed by atoms with Crippen molar-refractivity contribution in [3.63, 3.8) is 0 Å². The number of benzene rings is 3. The topological polar surface area (TPSA) is 52.2 Å². The van der Waals surface area contributed by atoms with Crippen LogP contribution in [0.3, 0.4) is 0 Å². The van der Waals surface area contributed by atoms with E-state index in [2.05, 4.69) is 94.8 Å². The van der Waals surface area contributed by atoms with Gasteiger partial charge in [-0.1, -0.05) is 90.5 Å². The van der Waals surface area contributed by atoms with Crippen molar-refractivity contribution < 1.29 is 4.79 Å². The van der Waals surface area contributed by atoms with Crippen LogP contribution in [0.2, 0.25) is 0 Å². The van der Waals surface area contributed by atoms with Crippen molar-refractivity contribution in [3.05, 3.63) is 113 Å². The largest absolute Gasteiger partial charge is 0.335 e. The van der Waals surface area contributed by atoms with E-state index in [4.69, 9.17) is 0 Å². The Morgan fingerprint density at radius 3 is 1.97 bits per heavy atom. The molecule has 5 rings (SSSR count). The van der Waals surface area contributed by atoms with Gasteiger partial charge in [0, 0.05) is 31.7 Å². The normalized spacial score (nSPS) is 14.5. The lowest BCUT2D eigenvalue weighted by Gasteiger charge is -2.39. The zero-order chi connectivity index (χ0) is 22.6. The van der Waals surface area contributed by atoms with E-state index in [1.54, 1.807) is 0 Å². The number of hydrogen-bond acceptors (Lipinski definition) is 3. The van der Waals surface area contributed by atoms with Gasteiger partial charge in [0.05, 0.1) is 11.7 Å². The molecule has 4 aromatic rings. The first-order valence-electron chi connectivity index (χ1n) is 11.4. The summed E-state index contributed by atoms with van der Waals surface area (Å²) in [5, 5.41) is 7.32. The Morgan fingerprint density at radius 2 is 1.39 bits per heavy atom. The van der Waals surface area contributed by atoms with Crippen molar-refractivity contribution >= 4 is 5.91 Å². The third kappa shape index (κ3) is 4.59. The van der Waals surface area contributed by atoms with E-state index in [1.165, 1.54) is 16.7 Å². The van der Waals surface area contributed by atoms with Crippen molar-refractivity contribution in [3.8, 4) is 11.3 Å². The van der Waals surface area contributed by atoms with Gasteiger partial charge in [-0.05, 0) is 24.1 Å². The highest BCUT2D eigenvalue weighted by atomic mass is 16.2. The van der Waals surface area contributed by atoms with Crippen LogP contribution < -0.4 is 0 Å². The van der Waals surface area contributed by atoms with E-state index >= 15 is 0 Å². The second kappa shape index (κ2) is 9.43. The first-order chi connectivity index (χ1) is 16.2. The third-order valence-electron chi connectivity index (χ3n) is 6.35. The molecule has 0 saturated carbocycles. The highest BCUT2D eigenvalue weighted by Crippen LogP contribution is 2.29. The van der Waals surface area contributed by atoms with Gasteiger partial charge < -0.3 is 4.90 Å². The smallest absolute Gasteiger partial charge is 0.271 e. The van der Waals surface area contributed by atoms with Crippen LogP contribution in [0.15, 0.2) is 91.0 Å². The van der Waals surface area contributed by atoms with Gasteiger partial charge in [0.25, 0.3) is 5.91 Å². The molecular weight excluding hydrogens is 408 g/mol. The summed E-state index contributed by atoms with van der Waals surface area (Å²) in [7, 11) is 0. The minimum atomic E-state index is 0.0106. The average molecular weight is 437 g/mol. The molecule has 1 aliphatic rings. The van der Waals surface area contributed by atoms with E-state index < -0.39 is 0 Å². The minimum absolute atomic E-state index is 0.0106. The number of nitrogens with one attached hydrogen (secondary N) is 1. The molecule has 0 bridgehead atoms. The zero-order valence-electron chi connectivity index (χ0n) is 18.8. The van der Waals surface area contributed by atoms with Gasteiger partial charge >= 0.3 is 0 Å². The number of aromatic nitrogens is 2. The molecule has 5 heteroatoms. The first kappa shape index (κ1) is 21.2. The quantitative estimate of drug-likeness (QED) is 0.483. The maximum Gasteiger partial charge on any atom is 0.271 e. The van der Waals surface area contributed by atoms with Crippen LogP contribution in [0.5, 0.6) is 0 Å². The van der Waals surface area contributed by atoms with Crippen LogP contribution in [-0.4, -0.2) is 52.1 Å². The van der Waals surface area contributed by atoms with Crippen molar-refractivity contribution in [2.75, 3.05) is 26.2 Å². The van der Waals surface area contributed by atoms with Gasteiger partial charge in [-0.25, -0.2) is 0 Å². The number of hydrogen-bond donors (Lipinski definition) is 1. The van der Waals surface area contributed by atoms with Gasteiger partial charge in [-0.15, -0.1) is 0 Å². The molecule has 0 radical (unpaired) electrons. The second-order valence-electron chi connectivity index (χ2n) is 8.58. The summed E-state index contributed by atoms with van der Waals surface area (Å²) in [4.78, 5) is 17.5. The number of carbonyl (C=O) groups is 1. The molecule has 1 amide bonds. The summed E-state index contributed by atoms with van der Waals surface area (Å²) in [6.45, 7) is 5.07. The van der Waals surface area contributed by atoms with E-state index in [0.29, 0.717) is 18.8 Å². The second-order valence-corrected chi connectivity index (χ2v) is 8.58. The predicted octanol–water partition coefficient (Wildman–Crippen LogP) is 4.93. The molecule has 33 heavy (non-hydrogen) atoms. The van der Waals surface area contributed by atoms with Gasteiger partial charge in [-0.2, -0.15) is 5.10 Å². The fourth-order valence-corrected chi connectivity index (χ4v) is 4.54. The molecule has 0 atom stereocenters. The van der Waals surface area contributed by atoms with Crippen LogP contribution in [0.25, 0.3) is 11.3 Å². The number of amides is 1. The van der Waals surface area contributed by atoms with Crippen molar-refractivity contribution in [1.82, 2.24) is 20.0 Å². The Morgan fingerprint density at radius 1 is 0.818 bits per heavy atom. The lowest BCUT2D eigenvalue weighted by molar-refractivity contribution is 0.0592. The van der Waals surface area contributed by atoms with Crippen molar-refractivity contribution in [2.24, 2.45) is 0 Å². The molecule has 0 aliphatic carbocycles. The maximum atomic E-state index is 13.2. The summed E-state index contributed by atoms with van der Waals surface area (Å²) < 4.78 is 0. The lowest BCUT2D eigenvalue weighted by atomic mass is 9.96. The number of carbonyl (C=O) groups excluding carboxylic acids is 1. The Hall–Kier alpha value is -3.70. The molecule has 1 aromatic heterocycles. The summed E-state index contributed by atoms with van der Waals surface area (Å²) >= 11 is 0.